The van der Waals surface area contributed by atoms with Crippen molar-refractivity contribution in [3.8, 4) is 0 Å². The third kappa shape index (κ3) is 3.88. The largest absolute Gasteiger partial charge is 0.378 e. The maximum Gasteiger partial charge on any atom is 0.0583 e. The monoisotopic (exact) mass is 286 g/mol. The molecule has 0 N–H and O–H groups in total. The zero-order valence-corrected chi connectivity index (χ0v) is 13.4. The fraction of sp³-hybridized carbons (Fsp3) is 0.700. The molecule has 1 atom stereocenters. The molecule has 1 aromatic carbocycles. The van der Waals surface area contributed by atoms with Crippen molar-refractivity contribution in [2.45, 2.75) is 82.1 Å². The Balaban J connectivity index is 1.72. The van der Waals surface area contributed by atoms with Crippen LogP contribution in [0.25, 0.3) is 0 Å². The zero-order valence-electron chi connectivity index (χ0n) is 13.4. The highest BCUT2D eigenvalue weighted by Gasteiger charge is 2.37. The summed E-state index contributed by atoms with van der Waals surface area (Å²) in [6.45, 7) is 0.982. The van der Waals surface area contributed by atoms with Crippen molar-refractivity contribution in [3.63, 3.8) is 0 Å². The molecule has 1 nitrogen and oxygen atoms in total. The van der Waals surface area contributed by atoms with Gasteiger partial charge in [0.1, 0.15) is 0 Å². The molecule has 2 fully saturated rings. The summed E-state index contributed by atoms with van der Waals surface area (Å²) in [5.41, 5.74) is 1.96. The van der Waals surface area contributed by atoms with Crippen LogP contribution in [0.1, 0.15) is 76.2 Å². The van der Waals surface area contributed by atoms with Crippen molar-refractivity contribution >= 4 is 0 Å². The van der Waals surface area contributed by atoms with Gasteiger partial charge in [-0.05, 0) is 43.1 Å². The molecule has 1 heterocycles. The summed E-state index contributed by atoms with van der Waals surface area (Å²) in [6.07, 6.45) is 15.3. The van der Waals surface area contributed by atoms with Crippen LogP contribution in [-0.2, 0) is 10.2 Å². The van der Waals surface area contributed by atoms with Gasteiger partial charge in [0.25, 0.3) is 0 Å². The smallest absolute Gasteiger partial charge is 0.0583 e. The van der Waals surface area contributed by atoms with Crippen LogP contribution in [0.15, 0.2) is 30.3 Å². The first-order valence-corrected chi connectivity index (χ1v) is 9.06. The molecule has 3 rings (SSSR count). The Morgan fingerprint density at radius 3 is 2.38 bits per heavy atom. The number of rotatable bonds is 3. The highest BCUT2D eigenvalue weighted by Crippen LogP contribution is 2.45. The number of hydrogen-bond acceptors (Lipinski definition) is 1. The SMILES string of the molecule is c1ccc(C2(CC3CCCCCCCO3)CCCC2)cc1. The van der Waals surface area contributed by atoms with Crippen LogP contribution in [0.4, 0.5) is 0 Å². The summed E-state index contributed by atoms with van der Waals surface area (Å²) in [5.74, 6) is 0. The van der Waals surface area contributed by atoms with Crippen LogP contribution in [0.3, 0.4) is 0 Å². The normalized spacial score (nSPS) is 26.8. The lowest BCUT2D eigenvalue weighted by Crippen LogP contribution is -2.30. The first-order chi connectivity index (χ1) is 10.4. The van der Waals surface area contributed by atoms with Gasteiger partial charge in [-0.25, -0.2) is 0 Å². The first-order valence-electron chi connectivity index (χ1n) is 9.06. The van der Waals surface area contributed by atoms with Crippen LogP contribution in [-0.4, -0.2) is 12.7 Å². The molecule has 1 saturated heterocycles. The molecule has 0 bridgehead atoms. The average Bonchev–Trinajstić information content (AvgIpc) is 3.03. The van der Waals surface area contributed by atoms with Crippen molar-refractivity contribution in [1.29, 1.82) is 0 Å². The van der Waals surface area contributed by atoms with Gasteiger partial charge in [0.05, 0.1) is 6.10 Å². The van der Waals surface area contributed by atoms with Crippen LogP contribution >= 0.6 is 0 Å². The summed E-state index contributed by atoms with van der Waals surface area (Å²) >= 11 is 0. The fourth-order valence-electron chi connectivity index (χ4n) is 4.39. The molecule has 1 unspecified atom stereocenters. The quantitative estimate of drug-likeness (QED) is 0.700. The molecule has 2 aliphatic rings. The van der Waals surface area contributed by atoms with Crippen molar-refractivity contribution in [2.75, 3.05) is 6.61 Å². The topological polar surface area (TPSA) is 9.23 Å². The highest BCUT2D eigenvalue weighted by atomic mass is 16.5. The molecular weight excluding hydrogens is 256 g/mol. The first kappa shape index (κ1) is 15.1. The molecule has 1 saturated carbocycles. The minimum atomic E-state index is 0.403. The Hall–Kier alpha value is -0.820. The Kier molecular flexibility index (Phi) is 5.35. The predicted molar refractivity (Wildman–Crippen MR) is 88.6 cm³/mol. The second-order valence-corrected chi connectivity index (χ2v) is 7.11. The summed E-state index contributed by atoms with van der Waals surface area (Å²) in [4.78, 5) is 0. The second-order valence-electron chi connectivity index (χ2n) is 7.11. The second kappa shape index (κ2) is 7.45. The van der Waals surface area contributed by atoms with Crippen molar-refractivity contribution in [3.05, 3.63) is 35.9 Å². The minimum Gasteiger partial charge on any atom is -0.378 e. The van der Waals surface area contributed by atoms with Crippen LogP contribution < -0.4 is 0 Å². The van der Waals surface area contributed by atoms with E-state index < -0.39 is 0 Å². The Labute approximate surface area is 130 Å². The molecule has 21 heavy (non-hydrogen) atoms. The van der Waals surface area contributed by atoms with Gasteiger partial charge in [-0.2, -0.15) is 0 Å². The van der Waals surface area contributed by atoms with E-state index in [4.69, 9.17) is 4.74 Å². The van der Waals surface area contributed by atoms with Gasteiger partial charge < -0.3 is 4.74 Å². The summed E-state index contributed by atoms with van der Waals surface area (Å²) < 4.78 is 6.27. The van der Waals surface area contributed by atoms with Gasteiger partial charge in [0.2, 0.25) is 0 Å². The standard InChI is InChI=1S/C20H30O/c1-2-7-13-19(21-16-10-3-1)17-20(14-8-9-15-20)18-11-5-4-6-12-18/h4-6,11-12,19H,1-3,7-10,13-17H2. The third-order valence-electron chi connectivity index (χ3n) is 5.59. The molecule has 1 aliphatic heterocycles. The van der Waals surface area contributed by atoms with E-state index in [0.29, 0.717) is 11.5 Å². The lowest BCUT2D eigenvalue weighted by molar-refractivity contribution is 0.0249. The van der Waals surface area contributed by atoms with E-state index in [9.17, 15) is 0 Å². The molecule has 0 radical (unpaired) electrons. The van der Waals surface area contributed by atoms with Gasteiger partial charge in [0, 0.05) is 6.61 Å². The highest BCUT2D eigenvalue weighted by molar-refractivity contribution is 5.26. The van der Waals surface area contributed by atoms with Crippen molar-refractivity contribution in [1.82, 2.24) is 0 Å². The lowest BCUT2D eigenvalue weighted by Gasteiger charge is -2.34. The summed E-state index contributed by atoms with van der Waals surface area (Å²) in [6, 6.07) is 11.3. The lowest BCUT2D eigenvalue weighted by atomic mass is 9.74. The third-order valence-corrected chi connectivity index (χ3v) is 5.59. The molecule has 1 heteroatoms. The van der Waals surface area contributed by atoms with E-state index in [0.717, 1.165) is 6.61 Å². The summed E-state index contributed by atoms with van der Waals surface area (Å²) in [7, 11) is 0. The molecule has 0 aromatic heterocycles. The Bertz CT molecular complexity index is 395. The number of benzene rings is 1. The van der Waals surface area contributed by atoms with Gasteiger partial charge >= 0.3 is 0 Å². The van der Waals surface area contributed by atoms with Gasteiger partial charge in [-0.3, -0.25) is 0 Å². The zero-order chi connectivity index (χ0) is 14.4. The Morgan fingerprint density at radius 2 is 1.57 bits per heavy atom. The Morgan fingerprint density at radius 1 is 0.857 bits per heavy atom. The summed E-state index contributed by atoms with van der Waals surface area (Å²) in [5, 5.41) is 0. The van der Waals surface area contributed by atoms with E-state index in [2.05, 4.69) is 30.3 Å². The van der Waals surface area contributed by atoms with Gasteiger partial charge in [-0.1, -0.05) is 68.9 Å². The minimum absolute atomic E-state index is 0.403. The van der Waals surface area contributed by atoms with Crippen LogP contribution in [0.2, 0.25) is 0 Å². The van der Waals surface area contributed by atoms with Gasteiger partial charge in [0.15, 0.2) is 0 Å². The fourth-order valence-corrected chi connectivity index (χ4v) is 4.39. The number of ether oxygens (including phenoxy) is 1. The van der Waals surface area contributed by atoms with E-state index in [-0.39, 0.29) is 0 Å². The maximum atomic E-state index is 6.27. The van der Waals surface area contributed by atoms with Crippen LogP contribution in [0, 0.1) is 0 Å². The van der Waals surface area contributed by atoms with Crippen molar-refractivity contribution < 1.29 is 4.74 Å². The van der Waals surface area contributed by atoms with E-state index >= 15 is 0 Å². The maximum absolute atomic E-state index is 6.27. The van der Waals surface area contributed by atoms with E-state index in [1.54, 1.807) is 5.56 Å². The molecule has 0 amide bonds. The molecule has 1 aromatic rings. The molecule has 116 valence electrons. The van der Waals surface area contributed by atoms with Gasteiger partial charge in [-0.15, -0.1) is 0 Å². The average molecular weight is 286 g/mol. The van der Waals surface area contributed by atoms with Crippen molar-refractivity contribution in [2.24, 2.45) is 0 Å². The predicted octanol–water partition coefficient (Wildman–Crippen LogP) is 5.63. The molecule has 0 spiro atoms. The molecule has 1 aliphatic carbocycles. The molecular formula is C20H30O. The van der Waals surface area contributed by atoms with Crippen LogP contribution in [0.5, 0.6) is 0 Å². The van der Waals surface area contributed by atoms with E-state index in [1.165, 1.54) is 70.6 Å². The van der Waals surface area contributed by atoms with E-state index in [1.807, 2.05) is 0 Å². The number of hydrogen-bond donors (Lipinski definition) is 0.